The van der Waals surface area contributed by atoms with Crippen LogP contribution in [0.15, 0.2) is 12.1 Å². The molecule has 1 heterocycles. The zero-order valence-electron chi connectivity index (χ0n) is 13.7. The van der Waals surface area contributed by atoms with Crippen LogP contribution in [0.1, 0.15) is 15.9 Å². The van der Waals surface area contributed by atoms with Crippen LogP contribution in [0, 0.1) is 6.92 Å². The fourth-order valence-electron chi connectivity index (χ4n) is 1.96. The van der Waals surface area contributed by atoms with Crippen molar-refractivity contribution in [2.45, 2.75) is 13.3 Å². The number of methoxy groups -OCH3 is 1. The lowest BCUT2D eigenvalue weighted by Gasteiger charge is -2.17. The Hall–Kier alpha value is -3.38. The molecule has 0 unspecified atom stereocenters. The Bertz CT molecular complexity index is 836. The van der Waals surface area contributed by atoms with E-state index in [-0.39, 0.29) is 22.8 Å². The summed E-state index contributed by atoms with van der Waals surface area (Å²) in [5, 5.41) is 14.9. The number of hydrogen-bond acceptors (Lipinski definition) is 7. The van der Waals surface area contributed by atoms with Crippen molar-refractivity contribution in [2.24, 2.45) is 7.05 Å². The van der Waals surface area contributed by atoms with E-state index < -0.39 is 24.1 Å². The Labute approximate surface area is 144 Å². The normalized spacial score (nSPS) is 11.0. The fourth-order valence-corrected chi connectivity index (χ4v) is 1.96. The van der Waals surface area contributed by atoms with Gasteiger partial charge in [0.2, 0.25) is 5.95 Å². The van der Waals surface area contributed by atoms with Crippen molar-refractivity contribution in [1.82, 2.24) is 20.2 Å². The third-order valence-electron chi connectivity index (χ3n) is 3.16. The molecule has 2 amide bonds. The third-order valence-corrected chi connectivity index (χ3v) is 3.16. The smallest absolute Gasteiger partial charge is 0.453 e. The largest absolute Gasteiger partial charge is 0.573 e. The Morgan fingerprint density at radius 3 is 2.46 bits per heavy atom. The fraction of sp³-hybridized carbons (Fsp3) is 0.308. The number of amides is 2. The van der Waals surface area contributed by atoms with Gasteiger partial charge in [-0.15, -0.1) is 13.2 Å². The van der Waals surface area contributed by atoms with Gasteiger partial charge >= 0.3 is 12.5 Å². The van der Waals surface area contributed by atoms with E-state index in [0.29, 0.717) is 0 Å². The second-order valence-corrected chi connectivity index (χ2v) is 4.86. The summed E-state index contributed by atoms with van der Waals surface area (Å²) in [5.41, 5.74) is -0.378. The van der Waals surface area contributed by atoms with E-state index in [1.165, 1.54) is 18.7 Å². The molecule has 26 heavy (non-hydrogen) atoms. The molecule has 13 heteroatoms. The van der Waals surface area contributed by atoms with Crippen LogP contribution < -0.4 is 15.4 Å². The average molecular weight is 374 g/mol. The molecule has 2 aromatic rings. The topological polar surface area (TPSA) is 120 Å². The van der Waals surface area contributed by atoms with Crippen LogP contribution in [0.25, 0.3) is 0 Å². The number of aromatic nitrogens is 4. The highest BCUT2D eigenvalue weighted by atomic mass is 19.4. The van der Waals surface area contributed by atoms with Gasteiger partial charge < -0.3 is 9.47 Å². The quantitative estimate of drug-likeness (QED) is 0.838. The first-order chi connectivity index (χ1) is 12.1. The van der Waals surface area contributed by atoms with Crippen molar-refractivity contribution in [3.05, 3.63) is 23.3 Å². The van der Waals surface area contributed by atoms with Gasteiger partial charge in [-0.25, -0.2) is 9.48 Å². The molecule has 2 rings (SSSR count). The van der Waals surface area contributed by atoms with E-state index in [4.69, 9.17) is 0 Å². The number of anilines is 2. The number of aryl methyl sites for hydroxylation is 1. The number of nitrogens with zero attached hydrogens (tertiary/aromatic N) is 4. The molecule has 0 saturated heterocycles. The van der Waals surface area contributed by atoms with Crippen molar-refractivity contribution < 1.29 is 32.2 Å². The SMILES string of the molecule is COC(=O)Nc1c(OC(F)(F)F)ccc(C(=O)Nc2nnnn2C)c1C. The minimum Gasteiger partial charge on any atom is -0.453 e. The van der Waals surface area contributed by atoms with Gasteiger partial charge in [-0.1, -0.05) is 5.10 Å². The predicted molar refractivity (Wildman–Crippen MR) is 80.6 cm³/mol. The van der Waals surface area contributed by atoms with Gasteiger partial charge in [0.15, 0.2) is 5.75 Å². The molecule has 0 aliphatic heterocycles. The van der Waals surface area contributed by atoms with Crippen molar-refractivity contribution in [3.8, 4) is 5.75 Å². The van der Waals surface area contributed by atoms with E-state index in [2.05, 4.69) is 35.6 Å². The molecule has 2 N–H and O–H groups in total. The first kappa shape index (κ1) is 19.0. The van der Waals surface area contributed by atoms with Crippen molar-refractivity contribution in [3.63, 3.8) is 0 Å². The number of ether oxygens (including phenoxy) is 2. The van der Waals surface area contributed by atoms with Crippen molar-refractivity contribution in [2.75, 3.05) is 17.7 Å². The van der Waals surface area contributed by atoms with Gasteiger partial charge in [-0.05, 0) is 35.0 Å². The average Bonchev–Trinajstić information content (AvgIpc) is 2.94. The van der Waals surface area contributed by atoms with E-state index in [0.717, 1.165) is 19.2 Å². The van der Waals surface area contributed by atoms with Crippen molar-refractivity contribution >= 4 is 23.6 Å². The van der Waals surface area contributed by atoms with Crippen LogP contribution >= 0.6 is 0 Å². The van der Waals surface area contributed by atoms with E-state index in [9.17, 15) is 22.8 Å². The molecule has 0 atom stereocenters. The molecule has 0 radical (unpaired) electrons. The van der Waals surface area contributed by atoms with Gasteiger partial charge in [0, 0.05) is 12.6 Å². The lowest BCUT2D eigenvalue weighted by molar-refractivity contribution is -0.274. The number of alkyl halides is 3. The molecule has 140 valence electrons. The molecule has 1 aromatic carbocycles. The summed E-state index contributed by atoms with van der Waals surface area (Å²) >= 11 is 0. The summed E-state index contributed by atoms with van der Waals surface area (Å²) in [6, 6.07) is 2.01. The van der Waals surface area contributed by atoms with Crippen LogP contribution in [-0.2, 0) is 11.8 Å². The van der Waals surface area contributed by atoms with Crippen LogP contribution in [-0.4, -0.2) is 45.7 Å². The number of carbonyl (C=O) groups is 2. The summed E-state index contributed by atoms with van der Waals surface area (Å²) in [4.78, 5) is 23.8. The van der Waals surface area contributed by atoms with Crippen LogP contribution in [0.3, 0.4) is 0 Å². The molecular weight excluding hydrogens is 361 g/mol. The number of halogens is 3. The molecule has 0 saturated carbocycles. The van der Waals surface area contributed by atoms with Gasteiger partial charge in [0.05, 0.1) is 12.8 Å². The number of carbonyl (C=O) groups excluding carboxylic acids is 2. The number of tetrazole rings is 1. The van der Waals surface area contributed by atoms with Crippen molar-refractivity contribution in [1.29, 1.82) is 0 Å². The molecule has 0 aliphatic rings. The number of hydrogen-bond donors (Lipinski definition) is 2. The lowest BCUT2D eigenvalue weighted by atomic mass is 10.0. The molecule has 0 bridgehead atoms. The minimum atomic E-state index is -4.99. The number of rotatable bonds is 4. The summed E-state index contributed by atoms with van der Waals surface area (Å²) in [5.74, 6) is -1.38. The standard InChI is InChI=1S/C13H13F3N6O4/c1-6-7(10(23)18-11-19-20-21-22(11)2)4-5-8(26-13(14,15)16)9(6)17-12(24)25-3/h4-5H,1-3H3,(H,17,24)(H,18,19,21,23). The van der Waals surface area contributed by atoms with Gasteiger partial charge in [-0.3, -0.25) is 15.4 Å². The first-order valence-corrected chi connectivity index (χ1v) is 6.90. The van der Waals surface area contributed by atoms with E-state index in [1.54, 1.807) is 0 Å². The number of nitrogens with one attached hydrogen (secondary N) is 2. The summed E-state index contributed by atoms with van der Waals surface area (Å²) in [6.07, 6.45) is -6.03. The van der Waals surface area contributed by atoms with E-state index in [1.807, 2.05) is 0 Å². The van der Waals surface area contributed by atoms with Gasteiger partial charge in [0.1, 0.15) is 0 Å². The van der Waals surface area contributed by atoms with Crippen LogP contribution in [0.2, 0.25) is 0 Å². The third kappa shape index (κ3) is 4.37. The maximum atomic E-state index is 12.6. The predicted octanol–water partition coefficient (Wildman–Crippen LogP) is 1.85. The maximum absolute atomic E-state index is 12.6. The summed E-state index contributed by atoms with van der Waals surface area (Å²) in [7, 11) is 2.51. The summed E-state index contributed by atoms with van der Waals surface area (Å²) in [6.45, 7) is 1.33. The first-order valence-electron chi connectivity index (χ1n) is 6.90. The number of benzene rings is 1. The molecule has 10 nitrogen and oxygen atoms in total. The molecule has 0 fully saturated rings. The Morgan fingerprint density at radius 2 is 1.92 bits per heavy atom. The highest BCUT2D eigenvalue weighted by Crippen LogP contribution is 2.35. The Kier molecular flexibility index (Phi) is 5.28. The Morgan fingerprint density at radius 1 is 1.23 bits per heavy atom. The highest BCUT2D eigenvalue weighted by molar-refractivity contribution is 6.06. The lowest BCUT2D eigenvalue weighted by Crippen LogP contribution is -2.22. The maximum Gasteiger partial charge on any atom is 0.573 e. The molecule has 1 aromatic heterocycles. The van der Waals surface area contributed by atoms with Crippen LogP contribution in [0.4, 0.5) is 29.6 Å². The second-order valence-electron chi connectivity index (χ2n) is 4.86. The van der Waals surface area contributed by atoms with Crippen LogP contribution in [0.5, 0.6) is 5.75 Å². The highest BCUT2D eigenvalue weighted by Gasteiger charge is 2.33. The molecule has 0 spiro atoms. The monoisotopic (exact) mass is 374 g/mol. The Balaban J connectivity index is 2.41. The second kappa shape index (κ2) is 7.25. The van der Waals surface area contributed by atoms with E-state index >= 15 is 0 Å². The zero-order valence-corrected chi connectivity index (χ0v) is 13.7. The van der Waals surface area contributed by atoms with Gasteiger partial charge in [-0.2, -0.15) is 0 Å². The minimum absolute atomic E-state index is 0.0183. The summed E-state index contributed by atoms with van der Waals surface area (Å²) < 4.78 is 47.1. The molecule has 0 aliphatic carbocycles. The zero-order chi connectivity index (χ0) is 19.5. The van der Waals surface area contributed by atoms with Gasteiger partial charge in [0.25, 0.3) is 5.91 Å². The molecular formula is C13H13F3N6O4.